The average molecular weight is 236 g/mol. The number of anilines is 1. The number of nitrogen functional groups attached to an aromatic ring is 1. The smallest absolute Gasteiger partial charge is 0.270 e. The molecular weight excluding hydrogens is 220 g/mol. The number of pyridine rings is 1. The zero-order chi connectivity index (χ0) is 12.1. The molecule has 0 aromatic carbocycles. The van der Waals surface area contributed by atoms with E-state index < -0.39 is 0 Å². The minimum Gasteiger partial charge on any atom is -0.379 e. The number of hydrogen-bond donors (Lipinski definition) is 3. The lowest BCUT2D eigenvalue weighted by molar-refractivity contribution is 0.0622. The van der Waals surface area contributed by atoms with Gasteiger partial charge in [-0.25, -0.2) is 0 Å². The van der Waals surface area contributed by atoms with Crippen molar-refractivity contribution in [1.82, 2.24) is 10.3 Å². The zero-order valence-corrected chi connectivity index (χ0v) is 9.48. The lowest BCUT2D eigenvalue weighted by Gasteiger charge is -2.22. The van der Waals surface area contributed by atoms with E-state index >= 15 is 0 Å². The van der Waals surface area contributed by atoms with Gasteiger partial charge in [-0.2, -0.15) is 0 Å². The van der Waals surface area contributed by atoms with Crippen LogP contribution in [0.1, 0.15) is 23.3 Å². The summed E-state index contributed by atoms with van der Waals surface area (Å²) < 4.78 is 5.30. The van der Waals surface area contributed by atoms with Gasteiger partial charge in [0.25, 0.3) is 5.91 Å². The molecule has 1 aromatic rings. The summed E-state index contributed by atoms with van der Waals surface area (Å²) in [6.45, 7) is 1.35. The van der Waals surface area contributed by atoms with E-state index in [9.17, 15) is 4.79 Å². The van der Waals surface area contributed by atoms with Crippen molar-refractivity contribution >= 4 is 11.6 Å². The van der Waals surface area contributed by atoms with E-state index in [1.807, 2.05) is 0 Å². The molecule has 2 heterocycles. The number of carbonyl (C=O) groups excluding carboxylic acids is 1. The summed E-state index contributed by atoms with van der Waals surface area (Å²) in [5.41, 5.74) is 3.49. The Morgan fingerprint density at radius 1 is 1.59 bits per heavy atom. The monoisotopic (exact) mass is 236 g/mol. The first kappa shape index (κ1) is 11.8. The van der Waals surface area contributed by atoms with Crippen molar-refractivity contribution in [2.75, 3.05) is 18.6 Å². The highest BCUT2D eigenvalue weighted by Crippen LogP contribution is 2.09. The second kappa shape index (κ2) is 5.60. The van der Waals surface area contributed by atoms with Crippen LogP contribution in [0.5, 0.6) is 0 Å². The fraction of sp³-hybridized carbons (Fsp3) is 0.455. The molecular formula is C11H16N4O2. The SMILES string of the molecule is NNc1ccnc(C(=O)NC2CCCOC2)c1. The topological polar surface area (TPSA) is 89.3 Å². The van der Waals surface area contributed by atoms with E-state index in [-0.39, 0.29) is 11.9 Å². The first-order valence-corrected chi connectivity index (χ1v) is 5.61. The van der Waals surface area contributed by atoms with Crippen LogP contribution in [0.3, 0.4) is 0 Å². The van der Waals surface area contributed by atoms with Crippen LogP contribution < -0.4 is 16.6 Å². The molecule has 1 fully saturated rings. The van der Waals surface area contributed by atoms with E-state index in [0.717, 1.165) is 19.4 Å². The van der Waals surface area contributed by atoms with Gasteiger partial charge in [0, 0.05) is 12.8 Å². The highest BCUT2D eigenvalue weighted by atomic mass is 16.5. The maximum atomic E-state index is 11.9. The second-order valence-corrected chi connectivity index (χ2v) is 3.96. The van der Waals surface area contributed by atoms with Crippen LogP contribution in [-0.2, 0) is 4.74 Å². The Morgan fingerprint density at radius 3 is 3.18 bits per heavy atom. The van der Waals surface area contributed by atoms with Crippen molar-refractivity contribution in [1.29, 1.82) is 0 Å². The number of amides is 1. The molecule has 6 nitrogen and oxygen atoms in total. The number of nitrogens with one attached hydrogen (secondary N) is 2. The second-order valence-electron chi connectivity index (χ2n) is 3.96. The molecule has 1 aliphatic rings. The fourth-order valence-electron chi connectivity index (χ4n) is 1.76. The summed E-state index contributed by atoms with van der Waals surface area (Å²) in [4.78, 5) is 15.9. The lowest BCUT2D eigenvalue weighted by Crippen LogP contribution is -2.40. The standard InChI is InChI=1S/C11H16N4O2/c12-15-8-3-4-13-10(6-8)11(16)14-9-2-1-5-17-7-9/h3-4,6,9H,1-2,5,7,12H2,(H,13,15)(H,14,16). The highest BCUT2D eigenvalue weighted by Gasteiger charge is 2.17. The van der Waals surface area contributed by atoms with Gasteiger partial charge in [0.05, 0.1) is 18.3 Å². The molecule has 1 aliphatic heterocycles. The Bertz CT molecular complexity index is 391. The third-order valence-electron chi connectivity index (χ3n) is 2.65. The number of nitrogens with zero attached hydrogens (tertiary/aromatic N) is 1. The Morgan fingerprint density at radius 2 is 2.47 bits per heavy atom. The molecule has 1 saturated heterocycles. The normalized spacial score (nSPS) is 19.7. The predicted octanol–water partition coefficient (Wildman–Crippen LogP) is 0.276. The van der Waals surface area contributed by atoms with Gasteiger partial charge in [-0.05, 0) is 25.0 Å². The van der Waals surface area contributed by atoms with E-state index in [1.54, 1.807) is 18.3 Å². The van der Waals surface area contributed by atoms with Gasteiger partial charge in [-0.15, -0.1) is 0 Å². The van der Waals surface area contributed by atoms with Crippen molar-refractivity contribution in [3.8, 4) is 0 Å². The van der Waals surface area contributed by atoms with Crippen LogP contribution >= 0.6 is 0 Å². The van der Waals surface area contributed by atoms with Gasteiger partial charge in [0.2, 0.25) is 0 Å². The van der Waals surface area contributed by atoms with Crippen LogP contribution in [-0.4, -0.2) is 30.1 Å². The Kier molecular flexibility index (Phi) is 3.89. The molecule has 92 valence electrons. The van der Waals surface area contributed by atoms with E-state index in [0.29, 0.717) is 18.0 Å². The summed E-state index contributed by atoms with van der Waals surface area (Å²) in [7, 11) is 0. The van der Waals surface area contributed by atoms with E-state index in [4.69, 9.17) is 10.6 Å². The fourth-order valence-corrected chi connectivity index (χ4v) is 1.76. The molecule has 0 bridgehead atoms. The summed E-state index contributed by atoms with van der Waals surface area (Å²) >= 11 is 0. The summed E-state index contributed by atoms with van der Waals surface area (Å²) in [5, 5.41) is 2.89. The number of hydrogen-bond acceptors (Lipinski definition) is 5. The summed E-state index contributed by atoms with van der Waals surface area (Å²) in [5.74, 6) is 5.08. The van der Waals surface area contributed by atoms with Crippen LogP contribution in [0.25, 0.3) is 0 Å². The maximum Gasteiger partial charge on any atom is 0.270 e. The maximum absolute atomic E-state index is 11.9. The molecule has 1 amide bonds. The molecule has 0 spiro atoms. The Balaban J connectivity index is 1.98. The van der Waals surface area contributed by atoms with Gasteiger partial charge >= 0.3 is 0 Å². The number of rotatable bonds is 3. The number of hydrazine groups is 1. The number of nitrogens with two attached hydrogens (primary N) is 1. The van der Waals surface area contributed by atoms with Gasteiger partial charge in [0.15, 0.2) is 0 Å². The molecule has 2 rings (SSSR count). The molecule has 6 heteroatoms. The van der Waals surface area contributed by atoms with Crippen molar-refractivity contribution < 1.29 is 9.53 Å². The molecule has 17 heavy (non-hydrogen) atoms. The minimum absolute atomic E-state index is 0.0764. The average Bonchev–Trinajstić information content (AvgIpc) is 2.40. The number of ether oxygens (including phenoxy) is 1. The van der Waals surface area contributed by atoms with E-state index in [1.165, 1.54) is 0 Å². The van der Waals surface area contributed by atoms with Crippen LogP contribution in [0.2, 0.25) is 0 Å². The zero-order valence-electron chi connectivity index (χ0n) is 9.48. The molecule has 0 radical (unpaired) electrons. The lowest BCUT2D eigenvalue weighted by atomic mass is 10.1. The van der Waals surface area contributed by atoms with Crippen molar-refractivity contribution in [2.45, 2.75) is 18.9 Å². The van der Waals surface area contributed by atoms with Crippen LogP contribution in [0.4, 0.5) is 5.69 Å². The van der Waals surface area contributed by atoms with Gasteiger partial charge in [0.1, 0.15) is 5.69 Å². The number of aromatic nitrogens is 1. The van der Waals surface area contributed by atoms with Crippen molar-refractivity contribution in [3.63, 3.8) is 0 Å². The molecule has 1 aromatic heterocycles. The first-order chi connectivity index (χ1) is 8.29. The highest BCUT2D eigenvalue weighted by molar-refractivity contribution is 5.93. The first-order valence-electron chi connectivity index (χ1n) is 5.61. The molecule has 4 N–H and O–H groups in total. The van der Waals surface area contributed by atoms with Crippen molar-refractivity contribution in [2.24, 2.45) is 5.84 Å². The number of carbonyl (C=O) groups is 1. The van der Waals surface area contributed by atoms with Gasteiger partial charge < -0.3 is 15.5 Å². The Labute approximate surface area is 99.5 Å². The van der Waals surface area contributed by atoms with Gasteiger partial charge in [-0.3, -0.25) is 15.6 Å². The van der Waals surface area contributed by atoms with Crippen LogP contribution in [0, 0.1) is 0 Å². The van der Waals surface area contributed by atoms with Crippen molar-refractivity contribution in [3.05, 3.63) is 24.0 Å². The quantitative estimate of drug-likeness (QED) is 0.518. The third kappa shape index (κ3) is 3.15. The predicted molar refractivity (Wildman–Crippen MR) is 63.4 cm³/mol. The van der Waals surface area contributed by atoms with Gasteiger partial charge in [-0.1, -0.05) is 0 Å². The molecule has 0 aliphatic carbocycles. The van der Waals surface area contributed by atoms with E-state index in [2.05, 4.69) is 15.7 Å². The summed E-state index contributed by atoms with van der Waals surface area (Å²) in [6.07, 6.45) is 3.46. The minimum atomic E-state index is -0.197. The summed E-state index contributed by atoms with van der Waals surface area (Å²) in [6, 6.07) is 3.38. The Hall–Kier alpha value is -1.66. The molecule has 0 saturated carbocycles. The third-order valence-corrected chi connectivity index (χ3v) is 2.65. The van der Waals surface area contributed by atoms with Crippen LogP contribution in [0.15, 0.2) is 18.3 Å². The largest absolute Gasteiger partial charge is 0.379 e. The molecule has 1 atom stereocenters. The molecule has 1 unspecified atom stereocenters.